The second kappa shape index (κ2) is 6.36. The number of likely N-dealkylation sites (tertiary alicyclic amines) is 1. The van der Waals surface area contributed by atoms with Crippen molar-refractivity contribution in [3.8, 4) is 0 Å². The molecule has 1 fully saturated rings. The monoisotopic (exact) mass is 305 g/mol. The topological polar surface area (TPSA) is 86.9 Å². The fourth-order valence-electron chi connectivity index (χ4n) is 2.45. The summed E-state index contributed by atoms with van der Waals surface area (Å²) in [4.78, 5) is 26.8. The molecule has 2 rings (SSSR count). The third-order valence-electron chi connectivity index (χ3n) is 4.05. The van der Waals surface area contributed by atoms with Gasteiger partial charge in [0.25, 0.3) is 11.8 Å². The van der Waals surface area contributed by atoms with Crippen molar-refractivity contribution in [1.82, 2.24) is 4.90 Å². The van der Waals surface area contributed by atoms with Crippen molar-refractivity contribution in [2.24, 2.45) is 5.73 Å². The van der Waals surface area contributed by atoms with Crippen molar-refractivity contribution in [2.45, 2.75) is 25.4 Å². The number of anilines is 1. The first-order chi connectivity index (χ1) is 10.4. The van der Waals surface area contributed by atoms with Crippen LogP contribution in [-0.2, 0) is 4.79 Å². The highest BCUT2D eigenvalue weighted by molar-refractivity contribution is 5.97. The molecule has 0 bridgehead atoms. The SMILES string of the molecule is CCCCN(C)c1ccc(C(=O)N2CC(O)(C(N)=O)C2)cc1. The van der Waals surface area contributed by atoms with Gasteiger partial charge in [0.15, 0.2) is 5.60 Å². The van der Waals surface area contributed by atoms with E-state index < -0.39 is 11.5 Å². The van der Waals surface area contributed by atoms with Crippen molar-refractivity contribution in [3.05, 3.63) is 29.8 Å². The summed E-state index contributed by atoms with van der Waals surface area (Å²) >= 11 is 0. The van der Waals surface area contributed by atoms with Crippen molar-refractivity contribution in [3.63, 3.8) is 0 Å². The number of hydrogen-bond acceptors (Lipinski definition) is 4. The van der Waals surface area contributed by atoms with E-state index in [-0.39, 0.29) is 19.0 Å². The van der Waals surface area contributed by atoms with Crippen LogP contribution in [0.25, 0.3) is 0 Å². The van der Waals surface area contributed by atoms with E-state index in [1.54, 1.807) is 12.1 Å². The fraction of sp³-hybridized carbons (Fsp3) is 0.500. The average Bonchev–Trinajstić information content (AvgIpc) is 2.48. The third kappa shape index (κ3) is 3.22. The van der Waals surface area contributed by atoms with Crippen LogP contribution in [0.5, 0.6) is 0 Å². The Bertz CT molecular complexity index is 550. The van der Waals surface area contributed by atoms with Crippen LogP contribution < -0.4 is 10.6 Å². The van der Waals surface area contributed by atoms with Crippen LogP contribution in [-0.4, -0.2) is 54.1 Å². The summed E-state index contributed by atoms with van der Waals surface area (Å²) in [6.45, 7) is 3.04. The Morgan fingerprint density at radius 2 is 1.91 bits per heavy atom. The zero-order chi connectivity index (χ0) is 16.3. The zero-order valence-corrected chi connectivity index (χ0v) is 13.1. The molecule has 22 heavy (non-hydrogen) atoms. The predicted octanol–water partition coefficient (Wildman–Crippen LogP) is 0.595. The third-order valence-corrected chi connectivity index (χ3v) is 4.05. The molecular formula is C16H23N3O3. The standard InChI is InChI=1S/C16H23N3O3/c1-3-4-9-18(2)13-7-5-12(6-8-13)14(20)19-10-16(22,11-19)15(17)21/h5-8,22H,3-4,9-11H2,1-2H3,(H2,17,21). The van der Waals surface area contributed by atoms with Crippen molar-refractivity contribution in [1.29, 1.82) is 0 Å². The maximum atomic E-state index is 12.2. The number of carbonyl (C=O) groups is 2. The molecule has 0 spiro atoms. The molecule has 3 N–H and O–H groups in total. The van der Waals surface area contributed by atoms with Crippen LogP contribution in [0.2, 0.25) is 0 Å². The second-order valence-electron chi connectivity index (χ2n) is 5.88. The first-order valence-electron chi connectivity index (χ1n) is 7.50. The molecule has 0 atom stereocenters. The molecular weight excluding hydrogens is 282 g/mol. The number of β-amino-alcohol motifs (C(OH)–C–C–N with tert-alkyl or cyclic N) is 1. The molecule has 120 valence electrons. The van der Waals surface area contributed by atoms with Gasteiger partial charge in [-0.15, -0.1) is 0 Å². The number of carbonyl (C=O) groups excluding carboxylic acids is 2. The zero-order valence-electron chi connectivity index (χ0n) is 13.1. The Morgan fingerprint density at radius 1 is 1.32 bits per heavy atom. The molecule has 0 radical (unpaired) electrons. The van der Waals surface area contributed by atoms with Gasteiger partial charge in [-0.3, -0.25) is 9.59 Å². The number of benzene rings is 1. The van der Waals surface area contributed by atoms with Gasteiger partial charge in [-0.25, -0.2) is 0 Å². The van der Waals surface area contributed by atoms with Gasteiger partial charge in [0.05, 0.1) is 13.1 Å². The van der Waals surface area contributed by atoms with Crippen LogP contribution in [0.15, 0.2) is 24.3 Å². The lowest BCUT2D eigenvalue weighted by Gasteiger charge is -2.44. The van der Waals surface area contributed by atoms with E-state index in [0.29, 0.717) is 5.56 Å². The highest BCUT2D eigenvalue weighted by Crippen LogP contribution is 2.23. The number of primary amides is 1. The summed E-state index contributed by atoms with van der Waals surface area (Å²) in [5, 5.41) is 9.78. The Balaban J connectivity index is 1.96. The van der Waals surface area contributed by atoms with Crippen molar-refractivity contribution in [2.75, 3.05) is 31.6 Å². The van der Waals surface area contributed by atoms with Gasteiger partial charge in [-0.05, 0) is 30.7 Å². The van der Waals surface area contributed by atoms with Gasteiger partial charge in [0, 0.05) is 24.8 Å². The van der Waals surface area contributed by atoms with Crippen LogP contribution in [0, 0.1) is 0 Å². The molecule has 0 aromatic heterocycles. The number of hydrogen-bond donors (Lipinski definition) is 2. The highest BCUT2D eigenvalue weighted by Gasteiger charge is 2.48. The molecule has 1 heterocycles. The molecule has 0 saturated carbocycles. The Morgan fingerprint density at radius 3 is 2.41 bits per heavy atom. The minimum atomic E-state index is -1.57. The van der Waals surface area contributed by atoms with Crippen LogP contribution in [0.3, 0.4) is 0 Å². The normalized spacial score (nSPS) is 16.0. The van der Waals surface area contributed by atoms with E-state index in [0.717, 1.165) is 25.1 Å². The minimum absolute atomic E-state index is 0.0423. The van der Waals surface area contributed by atoms with E-state index in [9.17, 15) is 14.7 Å². The molecule has 0 aliphatic carbocycles. The molecule has 1 aliphatic heterocycles. The van der Waals surface area contributed by atoms with E-state index >= 15 is 0 Å². The number of rotatable bonds is 6. The molecule has 1 aliphatic rings. The second-order valence-corrected chi connectivity index (χ2v) is 5.88. The van der Waals surface area contributed by atoms with Crippen LogP contribution in [0.4, 0.5) is 5.69 Å². The lowest BCUT2D eigenvalue weighted by atomic mass is 9.92. The fourth-order valence-corrected chi connectivity index (χ4v) is 2.45. The van der Waals surface area contributed by atoms with Crippen molar-refractivity contribution >= 4 is 17.5 Å². The van der Waals surface area contributed by atoms with Crippen LogP contribution >= 0.6 is 0 Å². The van der Waals surface area contributed by atoms with E-state index in [2.05, 4.69) is 11.8 Å². The Kier molecular flexibility index (Phi) is 4.71. The number of amides is 2. The first kappa shape index (κ1) is 16.3. The maximum absolute atomic E-state index is 12.2. The Hall–Kier alpha value is -2.08. The summed E-state index contributed by atoms with van der Waals surface area (Å²) in [5.41, 5.74) is 5.12. The van der Waals surface area contributed by atoms with Crippen LogP contribution in [0.1, 0.15) is 30.1 Å². The van der Waals surface area contributed by atoms with Gasteiger partial charge in [0.2, 0.25) is 0 Å². The van der Waals surface area contributed by atoms with Gasteiger partial charge in [0.1, 0.15) is 0 Å². The van der Waals surface area contributed by atoms with Gasteiger partial charge < -0.3 is 20.6 Å². The molecule has 1 aromatic rings. The van der Waals surface area contributed by atoms with Gasteiger partial charge in [-0.2, -0.15) is 0 Å². The molecule has 6 nitrogen and oxygen atoms in total. The Labute approximate surface area is 130 Å². The summed E-state index contributed by atoms with van der Waals surface area (Å²) in [7, 11) is 2.02. The average molecular weight is 305 g/mol. The maximum Gasteiger partial charge on any atom is 0.254 e. The van der Waals surface area contributed by atoms with E-state index in [1.165, 1.54) is 4.90 Å². The molecule has 2 amide bonds. The summed E-state index contributed by atoms with van der Waals surface area (Å²) in [5.74, 6) is -0.988. The largest absolute Gasteiger partial charge is 0.377 e. The molecule has 0 unspecified atom stereocenters. The highest BCUT2D eigenvalue weighted by atomic mass is 16.3. The number of nitrogens with two attached hydrogens (primary N) is 1. The van der Waals surface area contributed by atoms with E-state index in [4.69, 9.17) is 5.73 Å². The molecule has 6 heteroatoms. The summed E-state index contributed by atoms with van der Waals surface area (Å²) in [6, 6.07) is 7.34. The first-order valence-corrected chi connectivity index (χ1v) is 7.50. The van der Waals surface area contributed by atoms with E-state index in [1.807, 2.05) is 19.2 Å². The minimum Gasteiger partial charge on any atom is -0.377 e. The summed E-state index contributed by atoms with van der Waals surface area (Å²) in [6.07, 6.45) is 2.26. The van der Waals surface area contributed by atoms with Gasteiger partial charge in [-0.1, -0.05) is 13.3 Å². The van der Waals surface area contributed by atoms with Crippen molar-refractivity contribution < 1.29 is 14.7 Å². The van der Waals surface area contributed by atoms with Gasteiger partial charge >= 0.3 is 0 Å². The molecule has 1 aromatic carbocycles. The lowest BCUT2D eigenvalue weighted by Crippen LogP contribution is -2.69. The number of nitrogens with zero attached hydrogens (tertiary/aromatic N) is 2. The summed E-state index contributed by atoms with van der Waals surface area (Å²) < 4.78 is 0. The predicted molar refractivity (Wildman–Crippen MR) is 84.7 cm³/mol. The quantitative estimate of drug-likeness (QED) is 0.805. The lowest BCUT2D eigenvalue weighted by molar-refractivity contribution is -0.151. The number of aliphatic hydroxyl groups is 1. The molecule has 1 saturated heterocycles. The smallest absolute Gasteiger partial charge is 0.254 e. The number of unbranched alkanes of at least 4 members (excludes halogenated alkanes) is 1.